The van der Waals surface area contributed by atoms with Crippen molar-refractivity contribution in [2.75, 3.05) is 0 Å². The molecule has 18 heavy (non-hydrogen) atoms. The first-order chi connectivity index (χ1) is 8.58. The van der Waals surface area contributed by atoms with Crippen LogP contribution in [0.4, 0.5) is 0 Å². The highest BCUT2D eigenvalue weighted by Crippen LogP contribution is 2.17. The molecule has 4 heteroatoms. The molecule has 0 spiro atoms. The van der Waals surface area contributed by atoms with E-state index in [0.29, 0.717) is 0 Å². The van der Waals surface area contributed by atoms with Gasteiger partial charge in [0.2, 0.25) is 0 Å². The lowest BCUT2D eigenvalue weighted by atomic mass is 10.0. The van der Waals surface area contributed by atoms with E-state index in [9.17, 15) is 9.90 Å². The van der Waals surface area contributed by atoms with Gasteiger partial charge in [-0.05, 0) is 30.5 Å². The maximum absolute atomic E-state index is 11.5. The first kappa shape index (κ1) is 12.5. The SMILES string of the molecule is Cc1ccc(C(O)Cn2cnccc2=O)cc1C. The van der Waals surface area contributed by atoms with E-state index in [-0.39, 0.29) is 12.1 Å². The monoisotopic (exact) mass is 244 g/mol. The standard InChI is InChI=1S/C14H16N2O2/c1-10-3-4-12(7-11(10)2)13(17)8-16-9-15-6-5-14(16)18/h3-7,9,13,17H,8H2,1-2H3. The summed E-state index contributed by atoms with van der Waals surface area (Å²) < 4.78 is 1.40. The van der Waals surface area contributed by atoms with Crippen molar-refractivity contribution in [2.45, 2.75) is 26.5 Å². The minimum absolute atomic E-state index is 0.159. The lowest BCUT2D eigenvalue weighted by molar-refractivity contribution is 0.154. The lowest BCUT2D eigenvalue weighted by Crippen LogP contribution is -2.22. The Morgan fingerprint density at radius 1 is 1.28 bits per heavy atom. The van der Waals surface area contributed by atoms with Gasteiger partial charge >= 0.3 is 0 Å². The fourth-order valence-electron chi connectivity index (χ4n) is 1.78. The van der Waals surface area contributed by atoms with Crippen LogP contribution in [0.3, 0.4) is 0 Å². The average Bonchev–Trinajstić information content (AvgIpc) is 2.35. The third-order valence-electron chi connectivity index (χ3n) is 3.08. The van der Waals surface area contributed by atoms with Crippen LogP contribution in [0.15, 0.2) is 41.6 Å². The first-order valence-corrected chi connectivity index (χ1v) is 5.83. The summed E-state index contributed by atoms with van der Waals surface area (Å²) in [6.45, 7) is 4.24. The fourth-order valence-corrected chi connectivity index (χ4v) is 1.78. The molecule has 0 saturated heterocycles. The summed E-state index contributed by atoms with van der Waals surface area (Å²) in [5.74, 6) is 0. The summed E-state index contributed by atoms with van der Waals surface area (Å²) in [6, 6.07) is 7.18. The number of hydrogen-bond donors (Lipinski definition) is 1. The molecular formula is C14H16N2O2. The average molecular weight is 244 g/mol. The highest BCUT2D eigenvalue weighted by Gasteiger charge is 2.09. The van der Waals surface area contributed by atoms with Gasteiger partial charge in [-0.15, -0.1) is 0 Å². The van der Waals surface area contributed by atoms with Crippen molar-refractivity contribution >= 4 is 0 Å². The van der Waals surface area contributed by atoms with Gasteiger partial charge in [0.25, 0.3) is 5.56 Å². The van der Waals surface area contributed by atoms with E-state index in [2.05, 4.69) is 4.98 Å². The van der Waals surface area contributed by atoms with Gasteiger partial charge in [0, 0.05) is 12.3 Å². The molecule has 94 valence electrons. The predicted molar refractivity (Wildman–Crippen MR) is 69.4 cm³/mol. The second-order valence-electron chi connectivity index (χ2n) is 4.43. The van der Waals surface area contributed by atoms with Crippen LogP contribution in [0.1, 0.15) is 22.8 Å². The number of aryl methyl sites for hydroxylation is 2. The molecule has 2 rings (SSSR count). The number of hydrogen-bond acceptors (Lipinski definition) is 3. The van der Waals surface area contributed by atoms with Crippen LogP contribution in [-0.4, -0.2) is 14.7 Å². The Morgan fingerprint density at radius 3 is 2.72 bits per heavy atom. The molecule has 2 aromatic rings. The molecule has 0 aliphatic carbocycles. The zero-order valence-electron chi connectivity index (χ0n) is 10.5. The van der Waals surface area contributed by atoms with Crippen LogP contribution in [0.5, 0.6) is 0 Å². The minimum Gasteiger partial charge on any atom is -0.387 e. The molecule has 0 radical (unpaired) electrons. The van der Waals surface area contributed by atoms with E-state index in [0.717, 1.165) is 11.1 Å². The summed E-state index contributed by atoms with van der Waals surface area (Å²) in [4.78, 5) is 15.4. The maximum atomic E-state index is 11.5. The van der Waals surface area contributed by atoms with Crippen LogP contribution >= 0.6 is 0 Å². The summed E-state index contributed by atoms with van der Waals surface area (Å²) in [7, 11) is 0. The molecule has 1 atom stereocenters. The molecule has 0 aliphatic heterocycles. The molecule has 1 unspecified atom stereocenters. The Hall–Kier alpha value is -1.94. The quantitative estimate of drug-likeness (QED) is 0.892. The lowest BCUT2D eigenvalue weighted by Gasteiger charge is -2.13. The number of aliphatic hydroxyl groups excluding tert-OH is 1. The first-order valence-electron chi connectivity index (χ1n) is 5.83. The molecule has 1 aromatic heterocycles. The molecule has 0 saturated carbocycles. The summed E-state index contributed by atoms with van der Waals surface area (Å²) in [5.41, 5.74) is 2.97. The molecule has 0 bridgehead atoms. The summed E-state index contributed by atoms with van der Waals surface area (Å²) in [5, 5.41) is 10.1. The highest BCUT2D eigenvalue weighted by molar-refractivity contribution is 5.31. The van der Waals surface area contributed by atoms with Crippen molar-refractivity contribution in [3.8, 4) is 0 Å². The summed E-state index contributed by atoms with van der Waals surface area (Å²) in [6.07, 6.45) is 2.18. The molecule has 1 aromatic carbocycles. The van der Waals surface area contributed by atoms with Gasteiger partial charge in [0.1, 0.15) is 0 Å². The Labute approximate surface area is 106 Å². The largest absolute Gasteiger partial charge is 0.387 e. The smallest absolute Gasteiger partial charge is 0.253 e. The van der Waals surface area contributed by atoms with Gasteiger partial charge < -0.3 is 5.11 Å². The molecule has 0 fully saturated rings. The van der Waals surface area contributed by atoms with Crippen LogP contribution in [-0.2, 0) is 6.54 Å². The number of aromatic nitrogens is 2. The fraction of sp³-hybridized carbons (Fsp3) is 0.286. The van der Waals surface area contributed by atoms with Gasteiger partial charge in [0.15, 0.2) is 0 Å². The van der Waals surface area contributed by atoms with E-state index in [1.807, 2.05) is 32.0 Å². The Bertz CT molecular complexity index is 605. The van der Waals surface area contributed by atoms with Crippen molar-refractivity contribution in [1.82, 2.24) is 9.55 Å². The molecule has 0 amide bonds. The van der Waals surface area contributed by atoms with Crippen LogP contribution in [0, 0.1) is 13.8 Å². The second-order valence-corrected chi connectivity index (χ2v) is 4.43. The number of rotatable bonds is 3. The number of nitrogens with zero attached hydrogens (tertiary/aromatic N) is 2. The minimum atomic E-state index is -0.703. The molecule has 1 heterocycles. The van der Waals surface area contributed by atoms with Gasteiger partial charge in [-0.1, -0.05) is 18.2 Å². The van der Waals surface area contributed by atoms with Crippen molar-refractivity contribution in [3.63, 3.8) is 0 Å². The van der Waals surface area contributed by atoms with E-state index >= 15 is 0 Å². The Kier molecular flexibility index (Phi) is 3.58. The highest BCUT2D eigenvalue weighted by atomic mass is 16.3. The van der Waals surface area contributed by atoms with Crippen molar-refractivity contribution < 1.29 is 5.11 Å². The van der Waals surface area contributed by atoms with Crippen molar-refractivity contribution in [1.29, 1.82) is 0 Å². The molecule has 4 nitrogen and oxygen atoms in total. The normalized spacial score (nSPS) is 12.4. The predicted octanol–water partition coefficient (Wildman–Crippen LogP) is 1.59. The van der Waals surface area contributed by atoms with E-state index < -0.39 is 6.10 Å². The second kappa shape index (κ2) is 5.14. The Morgan fingerprint density at radius 2 is 2.06 bits per heavy atom. The van der Waals surface area contributed by atoms with E-state index in [1.54, 1.807) is 0 Å². The van der Waals surface area contributed by atoms with Gasteiger partial charge in [-0.2, -0.15) is 0 Å². The van der Waals surface area contributed by atoms with Gasteiger partial charge in [-0.3, -0.25) is 9.36 Å². The van der Waals surface area contributed by atoms with E-state index in [1.165, 1.54) is 28.7 Å². The summed E-state index contributed by atoms with van der Waals surface area (Å²) >= 11 is 0. The van der Waals surface area contributed by atoms with Gasteiger partial charge in [0.05, 0.1) is 19.0 Å². The van der Waals surface area contributed by atoms with Crippen LogP contribution in [0.2, 0.25) is 0 Å². The zero-order chi connectivity index (χ0) is 13.1. The van der Waals surface area contributed by atoms with Crippen molar-refractivity contribution in [2.24, 2.45) is 0 Å². The zero-order valence-corrected chi connectivity index (χ0v) is 10.5. The van der Waals surface area contributed by atoms with Gasteiger partial charge in [-0.25, -0.2) is 4.98 Å². The van der Waals surface area contributed by atoms with Crippen LogP contribution < -0.4 is 5.56 Å². The molecule has 1 N–H and O–H groups in total. The Balaban J connectivity index is 2.22. The molecular weight excluding hydrogens is 228 g/mol. The van der Waals surface area contributed by atoms with Crippen molar-refractivity contribution in [3.05, 3.63) is 63.8 Å². The van der Waals surface area contributed by atoms with E-state index in [4.69, 9.17) is 0 Å². The third-order valence-corrected chi connectivity index (χ3v) is 3.08. The molecule has 0 aliphatic rings. The maximum Gasteiger partial charge on any atom is 0.253 e. The number of benzene rings is 1. The number of aliphatic hydroxyl groups is 1. The third kappa shape index (κ3) is 2.65. The topological polar surface area (TPSA) is 55.1 Å². The van der Waals surface area contributed by atoms with Crippen LogP contribution in [0.25, 0.3) is 0 Å².